The number of rotatable bonds is 7. The van der Waals surface area contributed by atoms with Gasteiger partial charge in [-0.15, -0.1) is 12.4 Å². The second-order valence-corrected chi connectivity index (χ2v) is 6.56. The van der Waals surface area contributed by atoms with Gasteiger partial charge in [-0.3, -0.25) is 14.3 Å². The van der Waals surface area contributed by atoms with E-state index in [-0.39, 0.29) is 30.8 Å². The van der Waals surface area contributed by atoms with E-state index in [4.69, 9.17) is 9.47 Å². The van der Waals surface area contributed by atoms with Crippen molar-refractivity contribution < 1.29 is 19.1 Å². The predicted molar refractivity (Wildman–Crippen MR) is 111 cm³/mol. The Kier molecular flexibility index (Phi) is 7.86. The van der Waals surface area contributed by atoms with Crippen molar-refractivity contribution >= 4 is 29.9 Å². The molecular formula is C19H26ClN5O4. The number of hydrogen-bond acceptors (Lipinski definition) is 6. The lowest BCUT2D eigenvalue weighted by atomic mass is 9.87. The summed E-state index contributed by atoms with van der Waals surface area (Å²) in [7, 11) is 3.07. The molecule has 10 heteroatoms. The highest BCUT2D eigenvalue weighted by molar-refractivity contribution is 5.96. The molecule has 2 amide bonds. The fourth-order valence-corrected chi connectivity index (χ4v) is 3.33. The summed E-state index contributed by atoms with van der Waals surface area (Å²) >= 11 is 0. The van der Waals surface area contributed by atoms with Crippen LogP contribution in [0.15, 0.2) is 36.7 Å². The molecule has 1 fully saturated rings. The Bertz CT molecular complexity index is 800. The molecule has 29 heavy (non-hydrogen) atoms. The minimum absolute atomic E-state index is 0. The zero-order chi connectivity index (χ0) is 20.0. The highest BCUT2D eigenvalue weighted by atomic mass is 35.5. The summed E-state index contributed by atoms with van der Waals surface area (Å²) in [4.78, 5) is 25.3. The van der Waals surface area contributed by atoms with Gasteiger partial charge in [0.05, 0.1) is 20.8 Å². The molecule has 2 heterocycles. The van der Waals surface area contributed by atoms with Gasteiger partial charge in [-0.25, -0.2) is 0 Å². The van der Waals surface area contributed by atoms with E-state index in [1.165, 1.54) is 14.2 Å². The van der Waals surface area contributed by atoms with Crippen LogP contribution >= 0.6 is 12.4 Å². The van der Waals surface area contributed by atoms with Crippen LogP contribution < -0.4 is 25.4 Å². The SMILES string of the molecule is COc1cc(NC(=O)CNC(=O)C2(n3cccn3)CCNCC2)cc(OC)c1.Cl. The maximum atomic E-state index is 13.0. The van der Waals surface area contributed by atoms with E-state index in [9.17, 15) is 9.59 Å². The zero-order valence-electron chi connectivity index (χ0n) is 16.4. The Morgan fingerprint density at radius 2 is 1.83 bits per heavy atom. The summed E-state index contributed by atoms with van der Waals surface area (Å²) in [5, 5.41) is 13.0. The number of carbonyl (C=O) groups excluding carboxylic acids is 2. The van der Waals surface area contributed by atoms with Crippen molar-refractivity contribution in [3.8, 4) is 11.5 Å². The number of halogens is 1. The van der Waals surface area contributed by atoms with Crippen LogP contribution in [0.2, 0.25) is 0 Å². The van der Waals surface area contributed by atoms with E-state index in [1.807, 2.05) is 0 Å². The van der Waals surface area contributed by atoms with E-state index in [0.29, 0.717) is 43.1 Å². The van der Waals surface area contributed by atoms with Gasteiger partial charge in [-0.2, -0.15) is 5.10 Å². The summed E-state index contributed by atoms with van der Waals surface area (Å²) in [6.45, 7) is 1.28. The normalized spacial score (nSPS) is 15.0. The molecule has 158 valence electrons. The lowest BCUT2D eigenvalue weighted by Crippen LogP contribution is -2.55. The monoisotopic (exact) mass is 423 g/mol. The van der Waals surface area contributed by atoms with Gasteiger partial charge in [0, 0.05) is 36.3 Å². The second-order valence-electron chi connectivity index (χ2n) is 6.56. The molecule has 0 saturated carbocycles. The molecule has 9 nitrogen and oxygen atoms in total. The number of aromatic nitrogens is 2. The summed E-state index contributed by atoms with van der Waals surface area (Å²) < 4.78 is 12.1. The molecule has 0 radical (unpaired) electrons. The van der Waals surface area contributed by atoms with Gasteiger partial charge < -0.3 is 25.4 Å². The van der Waals surface area contributed by atoms with Crippen LogP contribution in [0.25, 0.3) is 0 Å². The molecule has 1 aromatic carbocycles. The van der Waals surface area contributed by atoms with Crippen molar-refractivity contribution in [2.75, 3.05) is 39.2 Å². The Morgan fingerprint density at radius 1 is 1.17 bits per heavy atom. The second kappa shape index (κ2) is 10.1. The molecule has 2 aromatic rings. The topological polar surface area (TPSA) is 107 Å². The van der Waals surface area contributed by atoms with Gasteiger partial charge in [0.15, 0.2) is 0 Å². The van der Waals surface area contributed by atoms with Crippen molar-refractivity contribution in [3.63, 3.8) is 0 Å². The number of ether oxygens (including phenoxy) is 2. The number of anilines is 1. The number of carbonyl (C=O) groups is 2. The Balaban J connectivity index is 0.00000300. The molecular weight excluding hydrogens is 398 g/mol. The minimum atomic E-state index is -0.784. The molecule has 1 aliphatic rings. The van der Waals surface area contributed by atoms with Crippen molar-refractivity contribution in [3.05, 3.63) is 36.7 Å². The Labute approximate surface area is 175 Å². The molecule has 1 saturated heterocycles. The molecule has 1 aliphatic heterocycles. The number of piperidine rings is 1. The van der Waals surface area contributed by atoms with Gasteiger partial charge >= 0.3 is 0 Å². The van der Waals surface area contributed by atoms with Crippen LogP contribution in [0.5, 0.6) is 11.5 Å². The van der Waals surface area contributed by atoms with Crippen LogP contribution in [0.1, 0.15) is 12.8 Å². The number of amides is 2. The molecule has 0 bridgehead atoms. The van der Waals surface area contributed by atoms with Crippen molar-refractivity contribution in [1.29, 1.82) is 0 Å². The number of hydrogen-bond donors (Lipinski definition) is 3. The third kappa shape index (κ3) is 5.18. The number of nitrogens with one attached hydrogen (secondary N) is 3. The van der Waals surface area contributed by atoms with Crippen LogP contribution in [-0.4, -0.2) is 55.4 Å². The molecule has 3 N–H and O–H groups in total. The Hall–Kier alpha value is -2.78. The summed E-state index contributed by atoms with van der Waals surface area (Å²) in [6.07, 6.45) is 4.65. The molecule has 3 rings (SSSR count). The van der Waals surface area contributed by atoms with Gasteiger partial charge in [0.25, 0.3) is 0 Å². The van der Waals surface area contributed by atoms with Crippen LogP contribution in [0.4, 0.5) is 5.69 Å². The largest absolute Gasteiger partial charge is 0.497 e. The van der Waals surface area contributed by atoms with Gasteiger partial charge in [0.1, 0.15) is 17.0 Å². The fourth-order valence-electron chi connectivity index (χ4n) is 3.33. The van der Waals surface area contributed by atoms with E-state index < -0.39 is 5.54 Å². The summed E-state index contributed by atoms with van der Waals surface area (Å²) in [6, 6.07) is 6.86. The van der Waals surface area contributed by atoms with Crippen LogP contribution in [0, 0.1) is 0 Å². The van der Waals surface area contributed by atoms with Gasteiger partial charge in [-0.1, -0.05) is 0 Å². The highest BCUT2D eigenvalue weighted by Gasteiger charge is 2.41. The third-order valence-corrected chi connectivity index (χ3v) is 4.84. The first-order chi connectivity index (χ1) is 13.6. The first-order valence-corrected chi connectivity index (χ1v) is 9.09. The smallest absolute Gasteiger partial charge is 0.248 e. The molecule has 0 atom stereocenters. The van der Waals surface area contributed by atoms with Crippen molar-refractivity contribution in [1.82, 2.24) is 20.4 Å². The van der Waals surface area contributed by atoms with Crippen molar-refractivity contribution in [2.45, 2.75) is 18.4 Å². The average Bonchev–Trinajstić information content (AvgIpc) is 3.27. The van der Waals surface area contributed by atoms with E-state index in [2.05, 4.69) is 21.0 Å². The predicted octanol–water partition coefficient (Wildman–Crippen LogP) is 1.16. The lowest BCUT2D eigenvalue weighted by Gasteiger charge is -2.36. The number of methoxy groups -OCH3 is 2. The van der Waals surface area contributed by atoms with Crippen LogP contribution in [-0.2, 0) is 15.1 Å². The van der Waals surface area contributed by atoms with E-state index >= 15 is 0 Å². The van der Waals surface area contributed by atoms with Crippen LogP contribution in [0.3, 0.4) is 0 Å². The standard InChI is InChI=1S/C19H25N5O4.ClH/c1-27-15-10-14(11-16(12-15)28-2)23-17(25)13-21-18(26)19(4-7-20-8-5-19)24-9-3-6-22-24;/h3,6,9-12,20H,4-5,7-8,13H2,1-2H3,(H,21,26)(H,23,25);1H. The van der Waals surface area contributed by atoms with E-state index in [1.54, 1.807) is 41.3 Å². The number of benzene rings is 1. The first-order valence-electron chi connectivity index (χ1n) is 9.09. The molecule has 0 spiro atoms. The maximum Gasteiger partial charge on any atom is 0.248 e. The third-order valence-electron chi connectivity index (χ3n) is 4.84. The summed E-state index contributed by atoms with van der Waals surface area (Å²) in [5.74, 6) is 0.571. The fraction of sp³-hybridized carbons (Fsp3) is 0.421. The quantitative estimate of drug-likeness (QED) is 0.617. The lowest BCUT2D eigenvalue weighted by molar-refractivity contribution is -0.133. The molecule has 1 aromatic heterocycles. The van der Waals surface area contributed by atoms with E-state index in [0.717, 1.165) is 0 Å². The average molecular weight is 424 g/mol. The summed E-state index contributed by atoms with van der Waals surface area (Å²) in [5.41, 5.74) is -0.257. The maximum absolute atomic E-state index is 13.0. The minimum Gasteiger partial charge on any atom is -0.497 e. The van der Waals surface area contributed by atoms with Gasteiger partial charge in [0.2, 0.25) is 11.8 Å². The molecule has 0 unspecified atom stereocenters. The zero-order valence-corrected chi connectivity index (χ0v) is 17.3. The van der Waals surface area contributed by atoms with Crippen molar-refractivity contribution in [2.24, 2.45) is 0 Å². The molecule has 0 aliphatic carbocycles. The highest BCUT2D eigenvalue weighted by Crippen LogP contribution is 2.27. The number of nitrogens with zero attached hydrogens (tertiary/aromatic N) is 2. The first kappa shape index (κ1) is 22.5. The van der Waals surface area contributed by atoms with Gasteiger partial charge in [-0.05, 0) is 32.0 Å². The Morgan fingerprint density at radius 3 is 2.38 bits per heavy atom.